The summed E-state index contributed by atoms with van der Waals surface area (Å²) in [6, 6.07) is 13.9. The van der Waals surface area contributed by atoms with Crippen molar-refractivity contribution in [3.8, 4) is 11.5 Å². The molecule has 166 valence electrons. The van der Waals surface area contributed by atoms with Gasteiger partial charge in [0.1, 0.15) is 6.61 Å². The van der Waals surface area contributed by atoms with Gasteiger partial charge in [0.25, 0.3) is 0 Å². The van der Waals surface area contributed by atoms with Crippen LogP contribution in [0.2, 0.25) is 5.02 Å². The highest BCUT2D eigenvalue weighted by atomic mass is 35.5. The molecule has 2 aromatic carbocycles. The van der Waals surface area contributed by atoms with Crippen LogP contribution in [0.1, 0.15) is 38.7 Å². The summed E-state index contributed by atoms with van der Waals surface area (Å²) in [4.78, 5) is 14.8. The van der Waals surface area contributed by atoms with E-state index in [0.29, 0.717) is 40.9 Å². The lowest BCUT2D eigenvalue weighted by atomic mass is 9.98. The Kier molecular flexibility index (Phi) is 8.38. The number of hydrogen-bond acceptors (Lipinski definition) is 4. The summed E-state index contributed by atoms with van der Waals surface area (Å²) in [7, 11) is 1.62. The Bertz CT molecular complexity index is 888. The van der Waals surface area contributed by atoms with Crippen molar-refractivity contribution < 1.29 is 14.3 Å². The van der Waals surface area contributed by atoms with Crippen LogP contribution in [0.5, 0.6) is 11.5 Å². The second-order valence-electron chi connectivity index (χ2n) is 7.96. The minimum Gasteiger partial charge on any atom is -0.493 e. The van der Waals surface area contributed by atoms with Gasteiger partial charge in [0.2, 0.25) is 5.91 Å². The van der Waals surface area contributed by atoms with Gasteiger partial charge in [0, 0.05) is 41.5 Å². The van der Waals surface area contributed by atoms with Crippen LogP contribution >= 0.6 is 11.6 Å². The first-order valence-corrected chi connectivity index (χ1v) is 11.2. The monoisotopic (exact) mass is 442 g/mol. The van der Waals surface area contributed by atoms with Crippen LogP contribution in [0, 0.1) is 0 Å². The zero-order valence-corrected chi connectivity index (χ0v) is 19.2. The van der Waals surface area contributed by atoms with Gasteiger partial charge in [-0.15, -0.1) is 0 Å². The molecule has 5 nitrogen and oxygen atoms in total. The molecule has 1 heterocycles. The molecule has 6 heteroatoms. The predicted molar refractivity (Wildman–Crippen MR) is 127 cm³/mol. The maximum absolute atomic E-state index is 12.3. The number of benzene rings is 2. The Labute approximate surface area is 190 Å². The molecule has 1 amide bonds. The maximum Gasteiger partial charge on any atom is 0.248 e. The Balaban J connectivity index is 1.59. The van der Waals surface area contributed by atoms with Crippen LogP contribution < -0.4 is 14.8 Å². The van der Waals surface area contributed by atoms with Gasteiger partial charge < -0.3 is 14.8 Å². The first-order valence-electron chi connectivity index (χ1n) is 10.8. The van der Waals surface area contributed by atoms with E-state index in [1.807, 2.05) is 12.1 Å². The van der Waals surface area contributed by atoms with Crippen LogP contribution in [0.4, 0.5) is 5.69 Å². The van der Waals surface area contributed by atoms with E-state index in [0.717, 1.165) is 12.1 Å². The summed E-state index contributed by atoms with van der Waals surface area (Å²) < 4.78 is 11.5. The van der Waals surface area contributed by atoms with Gasteiger partial charge in [0.15, 0.2) is 11.5 Å². The molecule has 1 saturated heterocycles. The fourth-order valence-corrected chi connectivity index (χ4v) is 4.10. The number of rotatable bonds is 8. The summed E-state index contributed by atoms with van der Waals surface area (Å²) in [5, 5.41) is 3.53. The molecule has 1 N–H and O–H groups in total. The van der Waals surface area contributed by atoms with Crippen LogP contribution in [0.15, 0.2) is 48.5 Å². The van der Waals surface area contributed by atoms with E-state index in [1.165, 1.54) is 25.3 Å². The number of piperidine rings is 1. The lowest BCUT2D eigenvalue weighted by molar-refractivity contribution is -0.111. The van der Waals surface area contributed by atoms with Crippen molar-refractivity contribution in [3.63, 3.8) is 0 Å². The van der Waals surface area contributed by atoms with Crippen molar-refractivity contribution in [1.82, 2.24) is 4.90 Å². The van der Waals surface area contributed by atoms with Gasteiger partial charge in [-0.3, -0.25) is 9.69 Å². The molecule has 0 bridgehead atoms. The summed E-state index contributed by atoms with van der Waals surface area (Å²) in [6.07, 6.45) is 7.00. The predicted octanol–water partition coefficient (Wildman–Crippen LogP) is 5.64. The Morgan fingerprint density at radius 1 is 1.13 bits per heavy atom. The molecule has 0 unspecified atom stereocenters. The molecule has 0 aliphatic carbocycles. The van der Waals surface area contributed by atoms with E-state index in [1.54, 1.807) is 43.5 Å². The highest BCUT2D eigenvalue weighted by Crippen LogP contribution is 2.30. The highest BCUT2D eigenvalue weighted by molar-refractivity contribution is 6.30. The number of likely N-dealkylation sites (tertiary alicyclic amines) is 1. The third-order valence-electron chi connectivity index (χ3n) is 5.71. The Morgan fingerprint density at radius 3 is 2.52 bits per heavy atom. The smallest absolute Gasteiger partial charge is 0.248 e. The molecular weight excluding hydrogens is 412 g/mol. The van der Waals surface area contributed by atoms with Gasteiger partial charge >= 0.3 is 0 Å². The number of halogens is 1. The molecule has 3 rings (SSSR count). The van der Waals surface area contributed by atoms with Crippen LogP contribution in [0.25, 0.3) is 6.08 Å². The molecule has 1 aliphatic heterocycles. The van der Waals surface area contributed by atoms with Crippen molar-refractivity contribution in [1.29, 1.82) is 0 Å². The largest absolute Gasteiger partial charge is 0.493 e. The molecule has 0 aromatic heterocycles. The topological polar surface area (TPSA) is 50.8 Å². The van der Waals surface area contributed by atoms with Gasteiger partial charge in [-0.1, -0.05) is 30.2 Å². The minimum absolute atomic E-state index is 0.220. The number of carbonyl (C=O) groups is 1. The van der Waals surface area contributed by atoms with Gasteiger partial charge in [-0.2, -0.15) is 0 Å². The van der Waals surface area contributed by atoms with Crippen LogP contribution in [-0.4, -0.2) is 43.2 Å². The average Bonchev–Trinajstić information content (AvgIpc) is 2.75. The first kappa shape index (κ1) is 23.2. The molecule has 1 fully saturated rings. The Hall–Kier alpha value is -2.50. The summed E-state index contributed by atoms with van der Waals surface area (Å²) in [5.74, 6) is 1.05. The second-order valence-corrected chi connectivity index (χ2v) is 8.39. The van der Waals surface area contributed by atoms with Gasteiger partial charge in [0.05, 0.1) is 7.11 Å². The van der Waals surface area contributed by atoms with Crippen LogP contribution in [-0.2, 0) is 4.79 Å². The summed E-state index contributed by atoms with van der Waals surface area (Å²) >= 11 is 5.89. The number of methoxy groups -OCH3 is 1. The summed E-state index contributed by atoms with van der Waals surface area (Å²) in [5.41, 5.74) is 1.56. The van der Waals surface area contributed by atoms with E-state index >= 15 is 0 Å². The second kappa shape index (κ2) is 11.2. The standard InChI is InChI=1S/C25H31ClN2O3/c1-18-5-4-6-19(2)28(18)15-16-31-24-17-22(12-13-23(24)30-3)27-25(29)14-9-20-7-10-21(26)11-8-20/h7-14,17-19H,4-6,15-16H2,1-3H3,(H,27,29)/t18-,19+. The number of carbonyl (C=O) groups excluding carboxylic acids is 1. The zero-order valence-electron chi connectivity index (χ0n) is 18.4. The van der Waals surface area contributed by atoms with Crippen molar-refractivity contribution >= 4 is 29.3 Å². The van der Waals surface area contributed by atoms with Crippen molar-refractivity contribution in [2.45, 2.75) is 45.2 Å². The minimum atomic E-state index is -0.220. The Morgan fingerprint density at radius 2 is 1.84 bits per heavy atom. The zero-order chi connectivity index (χ0) is 22.2. The highest BCUT2D eigenvalue weighted by Gasteiger charge is 2.24. The van der Waals surface area contributed by atoms with E-state index in [9.17, 15) is 4.79 Å². The SMILES string of the molecule is COc1ccc(NC(=O)C=Cc2ccc(Cl)cc2)cc1OCCN1[C@H](C)CCC[C@@H]1C. The molecule has 0 saturated carbocycles. The average molecular weight is 443 g/mol. The fraction of sp³-hybridized carbons (Fsp3) is 0.400. The maximum atomic E-state index is 12.3. The third-order valence-corrected chi connectivity index (χ3v) is 5.96. The van der Waals surface area contributed by atoms with Gasteiger partial charge in [-0.25, -0.2) is 0 Å². The number of nitrogens with zero attached hydrogens (tertiary/aromatic N) is 1. The number of amides is 1. The molecule has 2 aromatic rings. The molecule has 0 radical (unpaired) electrons. The number of anilines is 1. The van der Waals surface area contributed by atoms with Crippen LogP contribution in [0.3, 0.4) is 0 Å². The van der Waals surface area contributed by atoms with E-state index in [-0.39, 0.29) is 5.91 Å². The van der Waals surface area contributed by atoms with Crippen molar-refractivity contribution in [3.05, 3.63) is 59.1 Å². The molecular formula is C25H31ClN2O3. The van der Waals surface area contributed by atoms with Crippen molar-refractivity contribution in [2.24, 2.45) is 0 Å². The molecule has 0 spiro atoms. The molecule has 31 heavy (non-hydrogen) atoms. The normalized spacial score (nSPS) is 19.4. The lowest BCUT2D eigenvalue weighted by Gasteiger charge is -2.38. The molecule has 1 aliphatic rings. The third kappa shape index (κ3) is 6.74. The van der Waals surface area contributed by atoms with E-state index < -0.39 is 0 Å². The van der Waals surface area contributed by atoms with Crippen molar-refractivity contribution in [2.75, 3.05) is 25.6 Å². The number of ether oxygens (including phenoxy) is 2. The van der Waals surface area contributed by atoms with Gasteiger partial charge in [-0.05, 0) is 62.6 Å². The summed E-state index contributed by atoms with van der Waals surface area (Å²) in [6.45, 7) is 6.00. The lowest BCUT2D eigenvalue weighted by Crippen LogP contribution is -2.45. The quantitative estimate of drug-likeness (QED) is 0.537. The number of hydrogen-bond donors (Lipinski definition) is 1. The fourth-order valence-electron chi connectivity index (χ4n) is 3.97. The molecule has 2 atom stereocenters. The first-order chi connectivity index (χ1) is 15.0. The van der Waals surface area contributed by atoms with E-state index in [2.05, 4.69) is 24.1 Å². The number of nitrogens with one attached hydrogen (secondary N) is 1. The van der Waals surface area contributed by atoms with E-state index in [4.69, 9.17) is 21.1 Å².